The Balaban J connectivity index is 1.74. The first-order valence-corrected chi connectivity index (χ1v) is 8.99. The fourth-order valence-corrected chi connectivity index (χ4v) is 4.38. The summed E-state index contributed by atoms with van der Waals surface area (Å²) in [6, 6.07) is 0. The van der Waals surface area contributed by atoms with Gasteiger partial charge >= 0.3 is 11.9 Å². The third-order valence-electron chi connectivity index (χ3n) is 3.59. The summed E-state index contributed by atoms with van der Waals surface area (Å²) in [5.41, 5.74) is 1.14. The molecule has 6 nitrogen and oxygen atoms in total. The van der Waals surface area contributed by atoms with Crippen LogP contribution in [0.25, 0.3) is 10.2 Å². The summed E-state index contributed by atoms with van der Waals surface area (Å²) in [5, 5.41) is 1.77. The van der Waals surface area contributed by atoms with E-state index in [1.54, 1.807) is 11.3 Å². The predicted molar refractivity (Wildman–Crippen MR) is 87.8 cm³/mol. The lowest BCUT2D eigenvalue weighted by Crippen LogP contribution is -2.23. The van der Waals surface area contributed by atoms with Crippen molar-refractivity contribution in [1.82, 2.24) is 9.97 Å². The van der Waals surface area contributed by atoms with Gasteiger partial charge in [-0.15, -0.1) is 11.3 Å². The molecule has 2 aromatic heterocycles. The van der Waals surface area contributed by atoms with Crippen molar-refractivity contribution in [2.45, 2.75) is 38.3 Å². The number of aromatic nitrogens is 2. The third kappa shape index (κ3) is 3.32. The molecule has 23 heavy (non-hydrogen) atoms. The Bertz CT molecular complexity index is 787. The fourth-order valence-electron chi connectivity index (χ4n) is 2.32. The van der Waals surface area contributed by atoms with Crippen molar-refractivity contribution in [3.8, 4) is 0 Å². The quantitative estimate of drug-likeness (QED) is 0.475. The molecule has 0 radical (unpaired) electrons. The van der Waals surface area contributed by atoms with Crippen LogP contribution in [0.15, 0.2) is 5.03 Å². The van der Waals surface area contributed by atoms with Gasteiger partial charge in [0.15, 0.2) is 0 Å². The molecule has 0 spiro atoms. The molecule has 1 aliphatic rings. The number of aryl methyl sites for hydroxylation is 3. The zero-order chi connectivity index (χ0) is 16.6. The maximum atomic E-state index is 11.9. The maximum Gasteiger partial charge on any atom is 0.347 e. The van der Waals surface area contributed by atoms with Crippen LogP contribution >= 0.6 is 23.1 Å². The zero-order valence-corrected chi connectivity index (χ0v) is 14.7. The molecule has 0 aliphatic carbocycles. The lowest BCUT2D eigenvalue weighted by atomic mass is 10.2. The Hall–Kier alpha value is -1.67. The van der Waals surface area contributed by atoms with Gasteiger partial charge < -0.3 is 9.47 Å². The van der Waals surface area contributed by atoms with Crippen molar-refractivity contribution < 1.29 is 19.1 Å². The second kappa shape index (κ2) is 6.45. The van der Waals surface area contributed by atoms with Crippen LogP contribution in [0.3, 0.4) is 0 Å². The number of carbonyl (C=O) groups is 2. The number of thioether (sulfide) groups is 1. The van der Waals surface area contributed by atoms with Crippen LogP contribution in [-0.2, 0) is 19.1 Å². The highest BCUT2D eigenvalue weighted by atomic mass is 32.2. The van der Waals surface area contributed by atoms with Gasteiger partial charge in [0.2, 0.25) is 6.10 Å². The van der Waals surface area contributed by atoms with Crippen LogP contribution in [0.2, 0.25) is 0 Å². The first-order valence-electron chi connectivity index (χ1n) is 7.19. The van der Waals surface area contributed by atoms with Crippen LogP contribution in [-0.4, -0.2) is 40.4 Å². The summed E-state index contributed by atoms with van der Waals surface area (Å²) >= 11 is 2.94. The number of hydrogen-bond acceptors (Lipinski definition) is 8. The highest BCUT2D eigenvalue weighted by Gasteiger charge is 2.30. The van der Waals surface area contributed by atoms with E-state index in [1.807, 2.05) is 20.8 Å². The Labute approximate surface area is 141 Å². The number of ether oxygens (including phenoxy) is 2. The van der Waals surface area contributed by atoms with Crippen LogP contribution < -0.4 is 0 Å². The molecule has 1 aliphatic heterocycles. The standard InChI is InChI=1S/C15H16N2O4S2/c1-7-8(2)23-14-12(7)13(16-9(3)17-14)22-6-11(18)21-10-4-5-20-15(10)19/h10H,4-6H2,1-3H3/t10-/m1/s1. The molecular formula is C15H16N2O4S2. The average Bonchev–Trinajstić information content (AvgIpc) is 3.01. The van der Waals surface area contributed by atoms with Gasteiger partial charge in [-0.05, 0) is 26.3 Å². The number of nitrogens with zero attached hydrogens (tertiary/aromatic N) is 2. The van der Waals surface area contributed by atoms with Crippen molar-refractivity contribution in [2.24, 2.45) is 0 Å². The topological polar surface area (TPSA) is 78.4 Å². The molecule has 0 aromatic carbocycles. The van der Waals surface area contributed by atoms with Crippen LogP contribution in [0.1, 0.15) is 22.7 Å². The molecule has 8 heteroatoms. The average molecular weight is 352 g/mol. The van der Waals surface area contributed by atoms with Crippen LogP contribution in [0, 0.1) is 20.8 Å². The Morgan fingerprint density at radius 1 is 1.39 bits per heavy atom. The molecule has 0 bridgehead atoms. The van der Waals surface area contributed by atoms with Gasteiger partial charge in [0.1, 0.15) is 15.7 Å². The number of esters is 2. The highest BCUT2D eigenvalue weighted by Crippen LogP contribution is 2.35. The lowest BCUT2D eigenvalue weighted by Gasteiger charge is -2.08. The van der Waals surface area contributed by atoms with Crippen molar-refractivity contribution in [2.75, 3.05) is 12.4 Å². The van der Waals surface area contributed by atoms with Gasteiger partial charge in [0, 0.05) is 16.7 Å². The largest absolute Gasteiger partial charge is 0.463 e. The molecule has 0 amide bonds. The van der Waals surface area contributed by atoms with Crippen molar-refractivity contribution in [3.63, 3.8) is 0 Å². The van der Waals surface area contributed by atoms with E-state index in [0.717, 1.165) is 20.8 Å². The van der Waals surface area contributed by atoms with Gasteiger partial charge in [-0.2, -0.15) is 0 Å². The molecule has 2 aromatic rings. The molecule has 3 heterocycles. The Kier molecular flexibility index (Phi) is 4.54. The number of carbonyl (C=O) groups excluding carboxylic acids is 2. The fraction of sp³-hybridized carbons (Fsp3) is 0.467. The van der Waals surface area contributed by atoms with E-state index in [0.29, 0.717) is 18.9 Å². The van der Waals surface area contributed by atoms with E-state index in [4.69, 9.17) is 9.47 Å². The van der Waals surface area contributed by atoms with Crippen LogP contribution in [0.4, 0.5) is 0 Å². The number of cyclic esters (lactones) is 1. The minimum Gasteiger partial charge on any atom is -0.463 e. The predicted octanol–water partition coefficient (Wildman–Crippen LogP) is 2.57. The SMILES string of the molecule is Cc1nc(SCC(=O)O[C@@H]2CCOC2=O)c2c(C)c(C)sc2n1. The second-order valence-corrected chi connectivity index (χ2v) is 7.43. The van der Waals surface area contributed by atoms with Crippen molar-refractivity contribution in [1.29, 1.82) is 0 Å². The lowest BCUT2D eigenvalue weighted by molar-refractivity contribution is -0.158. The van der Waals surface area contributed by atoms with E-state index in [-0.39, 0.29) is 5.75 Å². The Morgan fingerprint density at radius 2 is 2.17 bits per heavy atom. The molecule has 1 fully saturated rings. The molecule has 1 saturated heterocycles. The van der Waals surface area contributed by atoms with Crippen LogP contribution in [0.5, 0.6) is 0 Å². The minimum atomic E-state index is -0.764. The van der Waals surface area contributed by atoms with Crippen molar-refractivity contribution in [3.05, 3.63) is 16.3 Å². The smallest absolute Gasteiger partial charge is 0.347 e. The number of fused-ring (bicyclic) bond motifs is 1. The molecule has 0 saturated carbocycles. The second-order valence-electron chi connectivity index (χ2n) is 5.26. The number of hydrogen-bond donors (Lipinski definition) is 0. The summed E-state index contributed by atoms with van der Waals surface area (Å²) in [6.07, 6.45) is -0.338. The summed E-state index contributed by atoms with van der Waals surface area (Å²) in [7, 11) is 0. The first kappa shape index (κ1) is 16.2. The maximum absolute atomic E-state index is 11.9. The highest BCUT2D eigenvalue weighted by molar-refractivity contribution is 8.00. The van der Waals surface area contributed by atoms with Gasteiger partial charge in [-0.3, -0.25) is 4.79 Å². The summed E-state index contributed by atoms with van der Waals surface area (Å²) in [5.74, 6) is -0.126. The monoisotopic (exact) mass is 352 g/mol. The molecule has 122 valence electrons. The molecule has 1 atom stereocenters. The van der Waals surface area contributed by atoms with Gasteiger partial charge in [-0.1, -0.05) is 11.8 Å². The van der Waals surface area contributed by atoms with Crippen molar-refractivity contribution >= 4 is 45.3 Å². The Morgan fingerprint density at radius 3 is 2.87 bits per heavy atom. The number of thiophene rings is 1. The van der Waals surface area contributed by atoms with Gasteiger partial charge in [0.05, 0.1) is 12.4 Å². The summed E-state index contributed by atoms with van der Waals surface area (Å²) < 4.78 is 9.93. The molecule has 0 N–H and O–H groups in total. The van der Waals surface area contributed by atoms with Gasteiger partial charge in [-0.25, -0.2) is 14.8 Å². The van der Waals surface area contributed by atoms with E-state index in [1.165, 1.54) is 16.6 Å². The van der Waals surface area contributed by atoms with E-state index in [9.17, 15) is 9.59 Å². The third-order valence-corrected chi connectivity index (χ3v) is 5.65. The molecule has 0 unspecified atom stereocenters. The minimum absolute atomic E-state index is 0.101. The van der Waals surface area contributed by atoms with Gasteiger partial charge in [0.25, 0.3) is 0 Å². The zero-order valence-electron chi connectivity index (χ0n) is 13.0. The van der Waals surface area contributed by atoms with E-state index < -0.39 is 18.0 Å². The van der Waals surface area contributed by atoms with E-state index >= 15 is 0 Å². The molecule has 3 rings (SSSR count). The molecular weight excluding hydrogens is 336 g/mol. The summed E-state index contributed by atoms with van der Waals surface area (Å²) in [6.45, 7) is 6.22. The number of rotatable bonds is 4. The summed E-state index contributed by atoms with van der Waals surface area (Å²) in [4.78, 5) is 34.3. The van der Waals surface area contributed by atoms with E-state index in [2.05, 4.69) is 9.97 Å². The first-order chi connectivity index (χ1) is 11.0. The normalized spacial score (nSPS) is 17.5.